The second-order valence-corrected chi connectivity index (χ2v) is 4.99. The van der Waals surface area contributed by atoms with Crippen LogP contribution in [0.1, 0.15) is 5.56 Å². The molecular weight excluding hydrogens is 262 g/mol. The quantitative estimate of drug-likeness (QED) is 0.782. The first-order valence-electron chi connectivity index (χ1n) is 7.06. The Bertz CT molecular complexity index is 731. The highest BCUT2D eigenvalue weighted by Gasteiger charge is 2.11. The van der Waals surface area contributed by atoms with Gasteiger partial charge in [0.25, 0.3) is 0 Å². The van der Waals surface area contributed by atoms with Gasteiger partial charge in [-0.15, -0.1) is 0 Å². The number of nitrogens with two attached hydrogens (primary N) is 1. The number of ether oxygens (including phenoxy) is 1. The predicted octanol–water partition coefficient (Wildman–Crippen LogP) is 2.81. The van der Waals surface area contributed by atoms with E-state index >= 15 is 0 Å². The van der Waals surface area contributed by atoms with Crippen molar-refractivity contribution in [2.24, 2.45) is 5.73 Å². The number of aromatic nitrogens is 2. The zero-order valence-electron chi connectivity index (χ0n) is 12.1. The molecule has 3 rings (SSSR count). The molecule has 4 nitrogen and oxygen atoms in total. The van der Waals surface area contributed by atoms with Crippen molar-refractivity contribution in [2.45, 2.75) is 13.1 Å². The van der Waals surface area contributed by atoms with Crippen molar-refractivity contribution in [1.82, 2.24) is 9.55 Å². The van der Waals surface area contributed by atoms with Crippen LogP contribution in [0, 0.1) is 0 Å². The normalized spacial score (nSPS) is 11.1. The van der Waals surface area contributed by atoms with Gasteiger partial charge in [0.1, 0.15) is 5.65 Å². The van der Waals surface area contributed by atoms with E-state index in [1.165, 1.54) is 5.56 Å². The van der Waals surface area contributed by atoms with Crippen LogP contribution in [0.2, 0.25) is 0 Å². The molecule has 3 aromatic rings. The van der Waals surface area contributed by atoms with Crippen LogP contribution in [-0.2, 0) is 17.8 Å². The van der Waals surface area contributed by atoms with Crippen LogP contribution in [0.5, 0.6) is 0 Å². The second kappa shape index (κ2) is 6.08. The van der Waals surface area contributed by atoms with Gasteiger partial charge in [-0.25, -0.2) is 4.98 Å². The molecular formula is C17H19N3O. The van der Waals surface area contributed by atoms with Gasteiger partial charge in [0.05, 0.1) is 12.3 Å². The third kappa shape index (κ3) is 2.68. The monoisotopic (exact) mass is 281 g/mol. The summed E-state index contributed by atoms with van der Waals surface area (Å²) in [7, 11) is 1.72. The highest BCUT2D eigenvalue weighted by Crippen LogP contribution is 2.27. The molecule has 0 aliphatic carbocycles. The van der Waals surface area contributed by atoms with E-state index in [2.05, 4.69) is 45.9 Å². The first kappa shape index (κ1) is 13.8. The molecule has 2 aromatic heterocycles. The Morgan fingerprint density at radius 2 is 2.00 bits per heavy atom. The lowest BCUT2D eigenvalue weighted by molar-refractivity contribution is 0.188. The van der Waals surface area contributed by atoms with Gasteiger partial charge in [0, 0.05) is 31.8 Å². The molecule has 21 heavy (non-hydrogen) atoms. The van der Waals surface area contributed by atoms with Gasteiger partial charge in [0.2, 0.25) is 0 Å². The minimum Gasteiger partial charge on any atom is -0.383 e. The molecule has 0 atom stereocenters. The number of benzene rings is 1. The van der Waals surface area contributed by atoms with Crippen LogP contribution in [-0.4, -0.2) is 23.3 Å². The van der Waals surface area contributed by atoms with Crippen LogP contribution in [0.4, 0.5) is 0 Å². The van der Waals surface area contributed by atoms with E-state index < -0.39 is 0 Å². The standard InChI is InChI=1S/C17H19N3O/c1-21-10-9-20-16(11-15-3-2-8-19-17(15)20)14-6-4-13(12-18)5-7-14/h2-8,11H,9-10,12,18H2,1H3. The van der Waals surface area contributed by atoms with Gasteiger partial charge in [0.15, 0.2) is 0 Å². The SMILES string of the molecule is COCCn1c(-c2ccc(CN)cc2)cc2cccnc21. The molecule has 0 unspecified atom stereocenters. The zero-order valence-corrected chi connectivity index (χ0v) is 12.1. The van der Waals surface area contributed by atoms with Gasteiger partial charge >= 0.3 is 0 Å². The number of methoxy groups -OCH3 is 1. The fourth-order valence-corrected chi connectivity index (χ4v) is 2.55. The largest absolute Gasteiger partial charge is 0.383 e. The maximum absolute atomic E-state index is 5.66. The molecule has 108 valence electrons. The molecule has 0 amide bonds. The highest BCUT2D eigenvalue weighted by molar-refractivity contribution is 5.84. The summed E-state index contributed by atoms with van der Waals surface area (Å²) in [5.41, 5.74) is 10.1. The maximum atomic E-state index is 5.66. The van der Waals surface area contributed by atoms with Crippen LogP contribution >= 0.6 is 0 Å². The molecule has 0 spiro atoms. The predicted molar refractivity (Wildman–Crippen MR) is 84.9 cm³/mol. The third-order valence-electron chi connectivity index (χ3n) is 3.66. The van der Waals surface area contributed by atoms with Gasteiger partial charge in [-0.2, -0.15) is 0 Å². The van der Waals surface area contributed by atoms with Crippen LogP contribution < -0.4 is 5.73 Å². The van der Waals surface area contributed by atoms with Gasteiger partial charge in [-0.1, -0.05) is 24.3 Å². The number of fused-ring (bicyclic) bond motifs is 1. The Morgan fingerprint density at radius 1 is 1.19 bits per heavy atom. The van der Waals surface area contributed by atoms with E-state index in [1.807, 2.05) is 12.3 Å². The van der Waals surface area contributed by atoms with Crippen LogP contribution in [0.3, 0.4) is 0 Å². The molecule has 0 saturated heterocycles. The fraction of sp³-hybridized carbons (Fsp3) is 0.235. The molecule has 0 aliphatic heterocycles. The van der Waals surface area contributed by atoms with Gasteiger partial charge in [-0.05, 0) is 29.3 Å². The lowest BCUT2D eigenvalue weighted by Crippen LogP contribution is -2.06. The fourth-order valence-electron chi connectivity index (χ4n) is 2.55. The molecule has 2 N–H and O–H groups in total. The lowest BCUT2D eigenvalue weighted by Gasteiger charge is -2.10. The summed E-state index contributed by atoms with van der Waals surface area (Å²) in [4.78, 5) is 4.50. The zero-order chi connectivity index (χ0) is 14.7. The van der Waals surface area contributed by atoms with E-state index in [0.29, 0.717) is 13.2 Å². The van der Waals surface area contributed by atoms with Crippen molar-refractivity contribution >= 4 is 11.0 Å². The van der Waals surface area contributed by atoms with Crippen molar-refractivity contribution in [2.75, 3.05) is 13.7 Å². The van der Waals surface area contributed by atoms with E-state index in [-0.39, 0.29) is 0 Å². The number of hydrogen-bond acceptors (Lipinski definition) is 3. The smallest absolute Gasteiger partial charge is 0.140 e. The van der Waals surface area contributed by atoms with E-state index in [9.17, 15) is 0 Å². The Kier molecular flexibility index (Phi) is 3.99. The summed E-state index contributed by atoms with van der Waals surface area (Å²) >= 11 is 0. The first-order valence-corrected chi connectivity index (χ1v) is 7.06. The molecule has 0 fully saturated rings. The van der Waals surface area contributed by atoms with E-state index in [1.54, 1.807) is 7.11 Å². The number of rotatable bonds is 5. The number of nitrogens with zero attached hydrogens (tertiary/aromatic N) is 2. The van der Waals surface area contributed by atoms with Gasteiger partial charge in [-0.3, -0.25) is 0 Å². The summed E-state index contributed by atoms with van der Waals surface area (Å²) < 4.78 is 7.43. The van der Waals surface area contributed by atoms with Crippen molar-refractivity contribution < 1.29 is 4.74 Å². The summed E-state index contributed by atoms with van der Waals surface area (Å²) in [5.74, 6) is 0. The molecule has 0 saturated carbocycles. The Labute approximate surface area is 124 Å². The lowest BCUT2D eigenvalue weighted by atomic mass is 10.1. The molecule has 0 radical (unpaired) electrons. The summed E-state index contributed by atoms with van der Waals surface area (Å²) in [6.07, 6.45) is 1.83. The van der Waals surface area contributed by atoms with E-state index in [4.69, 9.17) is 10.5 Å². The van der Waals surface area contributed by atoms with Crippen molar-refractivity contribution in [3.05, 3.63) is 54.2 Å². The number of pyridine rings is 1. The number of hydrogen-bond donors (Lipinski definition) is 1. The molecule has 0 aliphatic rings. The average molecular weight is 281 g/mol. The highest BCUT2D eigenvalue weighted by atomic mass is 16.5. The molecule has 2 heterocycles. The van der Waals surface area contributed by atoms with Crippen molar-refractivity contribution in [3.8, 4) is 11.3 Å². The summed E-state index contributed by atoms with van der Waals surface area (Å²) in [5, 5.41) is 1.14. The van der Waals surface area contributed by atoms with Crippen LogP contribution in [0.15, 0.2) is 48.7 Å². The molecule has 0 bridgehead atoms. The van der Waals surface area contributed by atoms with E-state index in [0.717, 1.165) is 28.8 Å². The maximum Gasteiger partial charge on any atom is 0.140 e. The Balaban J connectivity index is 2.10. The first-order chi connectivity index (χ1) is 10.3. The van der Waals surface area contributed by atoms with Crippen molar-refractivity contribution in [1.29, 1.82) is 0 Å². The summed E-state index contributed by atoms with van der Waals surface area (Å²) in [6.45, 7) is 2.01. The third-order valence-corrected chi connectivity index (χ3v) is 3.66. The second-order valence-electron chi connectivity index (χ2n) is 4.99. The minimum absolute atomic E-state index is 0.564. The molecule has 4 heteroatoms. The van der Waals surface area contributed by atoms with Crippen LogP contribution in [0.25, 0.3) is 22.3 Å². The van der Waals surface area contributed by atoms with Crippen molar-refractivity contribution in [3.63, 3.8) is 0 Å². The topological polar surface area (TPSA) is 53.1 Å². The Morgan fingerprint density at radius 3 is 2.71 bits per heavy atom. The minimum atomic E-state index is 0.564. The average Bonchev–Trinajstić information content (AvgIpc) is 2.91. The summed E-state index contributed by atoms with van der Waals surface area (Å²) in [6, 6.07) is 14.6. The van der Waals surface area contributed by atoms with Gasteiger partial charge < -0.3 is 15.0 Å². The molecule has 1 aromatic carbocycles. The Hall–Kier alpha value is -2.17.